The molecule has 0 aromatic heterocycles. The fourth-order valence-corrected chi connectivity index (χ4v) is 15.1. The maximum absolute atomic E-state index is 13.2. The van der Waals surface area contributed by atoms with Crippen molar-refractivity contribution in [2.45, 2.75) is 484 Å². The van der Waals surface area contributed by atoms with E-state index in [0.29, 0.717) is 25.7 Å². The molecule has 0 aliphatic rings. The van der Waals surface area contributed by atoms with E-state index < -0.39 is 97.5 Å². The SMILES string of the molecule is CCCCCCCCCCCCCCCCC(=O)O[C@H](COC(=O)CCCCCCCCCCCCCC)COP(=O)(O)OC[C@H](O)COP(=O)(O)OC[C@@H](COC(=O)CCCCCCCCCCCCCCCCC(C)CC)OC(=O)CCCCCCCCCCCCCCCCCCCCC(C)CC. The van der Waals surface area contributed by atoms with E-state index in [1.807, 2.05) is 0 Å². The third kappa shape index (κ3) is 77.4. The molecule has 7 atom stereocenters. The summed E-state index contributed by atoms with van der Waals surface area (Å²) in [6.45, 7) is 9.80. The van der Waals surface area contributed by atoms with Gasteiger partial charge in [0.25, 0.3) is 0 Å². The first kappa shape index (κ1) is 104. The first-order chi connectivity index (χ1) is 51.4. The first-order valence-electron chi connectivity index (χ1n) is 45.1. The van der Waals surface area contributed by atoms with Crippen LogP contribution in [0.5, 0.6) is 0 Å². The fourth-order valence-electron chi connectivity index (χ4n) is 13.5. The molecule has 0 saturated carbocycles. The Balaban J connectivity index is 5.24. The number of aliphatic hydroxyl groups is 1. The van der Waals surface area contributed by atoms with Crippen molar-refractivity contribution in [3.05, 3.63) is 0 Å². The molecule has 0 amide bonds. The van der Waals surface area contributed by atoms with E-state index in [2.05, 4.69) is 41.5 Å². The molecule has 0 saturated heterocycles. The molecule has 0 aliphatic carbocycles. The van der Waals surface area contributed by atoms with Gasteiger partial charge in [0, 0.05) is 25.7 Å². The number of hydrogen-bond donors (Lipinski definition) is 3. The van der Waals surface area contributed by atoms with Crippen molar-refractivity contribution in [2.75, 3.05) is 39.6 Å². The zero-order valence-corrected chi connectivity index (χ0v) is 71.5. The number of phosphoric ester groups is 2. The van der Waals surface area contributed by atoms with Crippen LogP contribution in [0.3, 0.4) is 0 Å². The summed E-state index contributed by atoms with van der Waals surface area (Å²) in [6.07, 6.45) is 70.6. The number of carbonyl (C=O) groups is 4. The van der Waals surface area contributed by atoms with Gasteiger partial charge in [-0.3, -0.25) is 37.3 Å². The van der Waals surface area contributed by atoms with Gasteiger partial charge in [-0.2, -0.15) is 0 Å². The van der Waals surface area contributed by atoms with E-state index in [1.54, 1.807) is 0 Å². The fraction of sp³-hybridized carbons (Fsp3) is 0.954. The molecule has 0 fully saturated rings. The van der Waals surface area contributed by atoms with E-state index >= 15 is 0 Å². The molecule has 0 radical (unpaired) electrons. The molecule has 0 bridgehead atoms. The number of hydrogen-bond acceptors (Lipinski definition) is 15. The van der Waals surface area contributed by atoms with Crippen molar-refractivity contribution in [1.82, 2.24) is 0 Å². The van der Waals surface area contributed by atoms with Crippen molar-refractivity contribution in [1.29, 1.82) is 0 Å². The van der Waals surface area contributed by atoms with Gasteiger partial charge in [0.15, 0.2) is 12.2 Å². The second-order valence-corrected chi connectivity index (χ2v) is 34.7. The normalized spacial score (nSPS) is 14.3. The molecule has 0 spiro atoms. The molecule has 3 N–H and O–H groups in total. The van der Waals surface area contributed by atoms with E-state index in [0.717, 1.165) is 102 Å². The minimum absolute atomic E-state index is 0.109. The van der Waals surface area contributed by atoms with Crippen molar-refractivity contribution >= 4 is 39.5 Å². The monoisotopic (exact) mass is 1550 g/mol. The number of carbonyl (C=O) groups excluding carboxylic acids is 4. The maximum Gasteiger partial charge on any atom is 0.472 e. The van der Waals surface area contributed by atoms with Crippen LogP contribution in [0.15, 0.2) is 0 Å². The van der Waals surface area contributed by atoms with Crippen LogP contribution in [-0.4, -0.2) is 96.7 Å². The van der Waals surface area contributed by atoms with Gasteiger partial charge in [0.2, 0.25) is 0 Å². The summed E-state index contributed by atoms with van der Waals surface area (Å²) in [6, 6.07) is 0. The molecular formula is C87H170O17P2. The van der Waals surface area contributed by atoms with E-state index in [9.17, 15) is 43.2 Å². The van der Waals surface area contributed by atoms with Crippen molar-refractivity contribution in [2.24, 2.45) is 11.8 Å². The summed E-state index contributed by atoms with van der Waals surface area (Å²) in [5.41, 5.74) is 0. The predicted molar refractivity (Wildman–Crippen MR) is 437 cm³/mol. The van der Waals surface area contributed by atoms with Gasteiger partial charge in [-0.15, -0.1) is 0 Å². The highest BCUT2D eigenvalue weighted by Crippen LogP contribution is 2.45. The summed E-state index contributed by atoms with van der Waals surface area (Å²) in [5.74, 6) is -0.377. The Hall–Kier alpha value is -1.94. The molecule has 0 aromatic carbocycles. The molecule has 0 rings (SSSR count). The summed E-state index contributed by atoms with van der Waals surface area (Å²) in [7, 11) is -9.93. The zero-order chi connectivity index (χ0) is 77.8. The standard InChI is InChI=1S/C87H170O17P2/c1-7-11-13-15-17-19-21-23-34-41-47-53-59-65-71-86(91)103-82(75-97-84(89)69-63-57-51-45-39-22-20-18-16-14-12-8-2)77-101-105(93,94)99-73-81(88)74-100-106(95,96)102-78-83(76-98-85(90)70-64-58-52-46-40-35-31-30-33-38-44-50-56-62-68-80(6)10-4)104-87(92)72-66-60-54-48-42-36-29-27-25-24-26-28-32-37-43-49-55-61-67-79(5)9-3/h79-83,88H,7-78H2,1-6H3,(H,93,94)(H,95,96)/t79?,80?,81-,82+,83+/m0/s1. The number of rotatable bonds is 86. The lowest BCUT2D eigenvalue weighted by Gasteiger charge is -2.21. The van der Waals surface area contributed by atoms with Crippen LogP contribution in [0.4, 0.5) is 0 Å². The molecule has 0 aliphatic heterocycles. The lowest BCUT2D eigenvalue weighted by atomic mass is 9.99. The minimum Gasteiger partial charge on any atom is -0.462 e. The topological polar surface area (TPSA) is 237 Å². The Morgan fingerprint density at radius 3 is 0.670 bits per heavy atom. The second kappa shape index (κ2) is 78.3. The van der Waals surface area contributed by atoms with Crippen LogP contribution >= 0.6 is 15.6 Å². The Bertz CT molecular complexity index is 2030. The highest BCUT2D eigenvalue weighted by atomic mass is 31.2. The van der Waals surface area contributed by atoms with Crippen molar-refractivity contribution in [3.8, 4) is 0 Å². The van der Waals surface area contributed by atoms with E-state index in [4.69, 9.17) is 37.0 Å². The van der Waals surface area contributed by atoms with Gasteiger partial charge in [0.05, 0.1) is 26.4 Å². The Labute approximate surface area is 651 Å². The van der Waals surface area contributed by atoms with Crippen molar-refractivity contribution < 1.29 is 80.2 Å². The van der Waals surface area contributed by atoms with Crippen LogP contribution in [0.2, 0.25) is 0 Å². The highest BCUT2D eigenvalue weighted by Gasteiger charge is 2.30. The lowest BCUT2D eigenvalue weighted by molar-refractivity contribution is -0.161. The highest BCUT2D eigenvalue weighted by molar-refractivity contribution is 7.47. The van der Waals surface area contributed by atoms with Crippen LogP contribution in [0, 0.1) is 11.8 Å². The Morgan fingerprint density at radius 2 is 0.453 bits per heavy atom. The van der Waals surface area contributed by atoms with Gasteiger partial charge in [-0.25, -0.2) is 9.13 Å². The quantitative estimate of drug-likeness (QED) is 0.0222. The van der Waals surface area contributed by atoms with E-state index in [1.165, 1.54) is 283 Å². The molecule has 4 unspecified atom stereocenters. The summed E-state index contributed by atoms with van der Waals surface area (Å²) in [4.78, 5) is 73.3. The van der Waals surface area contributed by atoms with Crippen LogP contribution in [0.25, 0.3) is 0 Å². The third-order valence-electron chi connectivity index (χ3n) is 21.2. The average Bonchev–Trinajstić information content (AvgIpc) is 0.906. The van der Waals surface area contributed by atoms with Gasteiger partial charge < -0.3 is 33.8 Å². The molecule has 19 heteroatoms. The number of aliphatic hydroxyl groups excluding tert-OH is 1. The average molecular weight is 1550 g/mol. The summed E-state index contributed by atoms with van der Waals surface area (Å²) < 4.78 is 68.9. The Kier molecular flexibility index (Phi) is 76.9. The van der Waals surface area contributed by atoms with Gasteiger partial charge in [-0.05, 0) is 37.5 Å². The lowest BCUT2D eigenvalue weighted by Crippen LogP contribution is -2.30. The molecule has 0 aromatic rings. The van der Waals surface area contributed by atoms with Gasteiger partial charge >= 0.3 is 39.5 Å². The van der Waals surface area contributed by atoms with Crippen LogP contribution in [0.1, 0.15) is 465 Å². The molecular weight excluding hydrogens is 1380 g/mol. The molecule has 106 heavy (non-hydrogen) atoms. The van der Waals surface area contributed by atoms with Gasteiger partial charge in [0.1, 0.15) is 19.3 Å². The summed E-state index contributed by atoms with van der Waals surface area (Å²) in [5, 5.41) is 10.7. The third-order valence-corrected chi connectivity index (χ3v) is 23.1. The number of esters is 4. The van der Waals surface area contributed by atoms with E-state index in [-0.39, 0.29) is 25.7 Å². The largest absolute Gasteiger partial charge is 0.472 e. The van der Waals surface area contributed by atoms with Gasteiger partial charge in [-0.1, -0.05) is 414 Å². The van der Waals surface area contributed by atoms with Crippen LogP contribution in [-0.2, 0) is 65.4 Å². The first-order valence-corrected chi connectivity index (χ1v) is 48.1. The van der Waals surface area contributed by atoms with Crippen LogP contribution < -0.4 is 0 Å². The second-order valence-electron chi connectivity index (χ2n) is 31.8. The minimum atomic E-state index is -4.97. The summed E-state index contributed by atoms with van der Waals surface area (Å²) >= 11 is 0. The molecule has 17 nitrogen and oxygen atoms in total. The number of phosphoric acid groups is 2. The zero-order valence-electron chi connectivity index (χ0n) is 69.7. The maximum atomic E-state index is 13.2. The number of ether oxygens (including phenoxy) is 4. The smallest absolute Gasteiger partial charge is 0.462 e. The molecule has 630 valence electrons. The predicted octanol–water partition coefficient (Wildman–Crippen LogP) is 26.6. The van der Waals surface area contributed by atoms with Crippen molar-refractivity contribution in [3.63, 3.8) is 0 Å². The Morgan fingerprint density at radius 1 is 0.264 bits per heavy atom. The molecule has 0 heterocycles. The number of unbranched alkanes of at least 4 members (excludes halogenated alkanes) is 54.